The molecule has 2 N–H and O–H groups in total. The van der Waals surface area contributed by atoms with Gasteiger partial charge in [-0.25, -0.2) is 28.7 Å². The zero-order chi connectivity index (χ0) is 19.8. The Labute approximate surface area is 165 Å². The van der Waals surface area contributed by atoms with Crippen LogP contribution in [0.2, 0.25) is 0 Å². The number of hydrogen-bond donors (Lipinski definition) is 2. The first-order valence-corrected chi connectivity index (χ1v) is 9.55. The van der Waals surface area contributed by atoms with Crippen LogP contribution in [0.1, 0.15) is 12.8 Å². The molecule has 1 saturated heterocycles. The van der Waals surface area contributed by atoms with Gasteiger partial charge in [-0.2, -0.15) is 0 Å². The second-order valence-corrected chi connectivity index (χ2v) is 7.25. The molecule has 1 aromatic carbocycles. The predicted octanol–water partition coefficient (Wildman–Crippen LogP) is 3.51. The first kappa shape index (κ1) is 17.7. The number of benzene rings is 1. The summed E-state index contributed by atoms with van der Waals surface area (Å²) >= 11 is 0. The molecule has 1 aliphatic heterocycles. The lowest BCUT2D eigenvalue weighted by Gasteiger charge is -2.33. The van der Waals surface area contributed by atoms with Gasteiger partial charge in [0, 0.05) is 37.3 Å². The number of H-pyrrole nitrogens is 1. The maximum Gasteiger partial charge on any atom is 0.161 e. The third-order valence-electron chi connectivity index (χ3n) is 5.48. The van der Waals surface area contributed by atoms with Gasteiger partial charge in [0.25, 0.3) is 0 Å². The van der Waals surface area contributed by atoms with Crippen LogP contribution in [0.4, 0.5) is 20.4 Å². The van der Waals surface area contributed by atoms with Gasteiger partial charge in [-0.3, -0.25) is 0 Å². The maximum atomic E-state index is 13.6. The van der Waals surface area contributed by atoms with E-state index in [0.717, 1.165) is 54.9 Å². The van der Waals surface area contributed by atoms with Crippen molar-refractivity contribution >= 4 is 33.6 Å². The highest BCUT2D eigenvalue weighted by Gasteiger charge is 2.22. The fraction of sp³-hybridized carbons (Fsp3) is 0.300. The molecule has 9 heteroatoms. The van der Waals surface area contributed by atoms with Crippen molar-refractivity contribution in [2.24, 2.45) is 5.92 Å². The van der Waals surface area contributed by atoms with E-state index < -0.39 is 11.6 Å². The van der Waals surface area contributed by atoms with Gasteiger partial charge in [-0.1, -0.05) is 0 Å². The van der Waals surface area contributed by atoms with Crippen LogP contribution in [0.25, 0.3) is 21.9 Å². The molecule has 4 aromatic rings. The molecule has 5 rings (SSSR count). The monoisotopic (exact) mass is 395 g/mol. The van der Waals surface area contributed by atoms with Gasteiger partial charge < -0.3 is 15.2 Å². The van der Waals surface area contributed by atoms with E-state index in [2.05, 4.69) is 35.1 Å². The van der Waals surface area contributed by atoms with E-state index in [9.17, 15) is 8.78 Å². The molecule has 0 radical (unpaired) electrons. The number of nitrogens with one attached hydrogen (secondary N) is 2. The molecular weight excluding hydrogens is 376 g/mol. The first-order valence-electron chi connectivity index (χ1n) is 9.55. The van der Waals surface area contributed by atoms with Crippen molar-refractivity contribution in [1.29, 1.82) is 0 Å². The lowest BCUT2D eigenvalue weighted by atomic mass is 9.96. The number of fused-ring (bicyclic) bond motifs is 2. The Morgan fingerprint density at radius 1 is 1.00 bits per heavy atom. The second-order valence-electron chi connectivity index (χ2n) is 7.25. The maximum absolute atomic E-state index is 13.6. The minimum Gasteiger partial charge on any atom is -0.369 e. The molecule has 3 aromatic heterocycles. The molecule has 0 spiro atoms. The highest BCUT2D eigenvalue weighted by Crippen LogP contribution is 2.28. The molecule has 148 valence electrons. The number of aromatic amines is 1. The lowest BCUT2D eigenvalue weighted by molar-refractivity contribution is 0.422. The van der Waals surface area contributed by atoms with Crippen LogP contribution in [0.3, 0.4) is 0 Å². The van der Waals surface area contributed by atoms with E-state index in [-0.39, 0.29) is 0 Å². The molecule has 0 atom stereocenters. The Morgan fingerprint density at radius 3 is 2.66 bits per heavy atom. The van der Waals surface area contributed by atoms with Crippen molar-refractivity contribution in [2.45, 2.75) is 12.8 Å². The Morgan fingerprint density at radius 2 is 1.79 bits per heavy atom. The molecular formula is C20H19F2N7. The van der Waals surface area contributed by atoms with Gasteiger partial charge in [0.1, 0.15) is 29.9 Å². The van der Waals surface area contributed by atoms with Crippen molar-refractivity contribution in [2.75, 3.05) is 29.9 Å². The van der Waals surface area contributed by atoms with E-state index in [0.29, 0.717) is 29.2 Å². The van der Waals surface area contributed by atoms with Crippen LogP contribution in [0, 0.1) is 17.6 Å². The third-order valence-corrected chi connectivity index (χ3v) is 5.48. The molecule has 4 heterocycles. The fourth-order valence-electron chi connectivity index (χ4n) is 3.89. The summed E-state index contributed by atoms with van der Waals surface area (Å²) in [6.45, 7) is 2.50. The highest BCUT2D eigenvalue weighted by molar-refractivity contribution is 5.89. The minimum absolute atomic E-state index is 0.385. The quantitative estimate of drug-likeness (QED) is 0.550. The van der Waals surface area contributed by atoms with Crippen molar-refractivity contribution in [3.05, 3.63) is 48.7 Å². The van der Waals surface area contributed by atoms with E-state index in [1.807, 2.05) is 12.3 Å². The number of halogens is 2. The summed E-state index contributed by atoms with van der Waals surface area (Å²) in [5.74, 6) is 0.133. The molecule has 29 heavy (non-hydrogen) atoms. The molecule has 1 fully saturated rings. The van der Waals surface area contributed by atoms with Crippen LogP contribution in [0.5, 0.6) is 0 Å². The van der Waals surface area contributed by atoms with E-state index >= 15 is 0 Å². The molecule has 0 saturated carbocycles. The summed E-state index contributed by atoms with van der Waals surface area (Å²) < 4.78 is 27.1. The van der Waals surface area contributed by atoms with Gasteiger partial charge in [0.05, 0.1) is 10.9 Å². The van der Waals surface area contributed by atoms with Gasteiger partial charge in [-0.05, 0) is 30.9 Å². The normalized spacial score (nSPS) is 15.3. The topological polar surface area (TPSA) is 82.6 Å². The smallest absolute Gasteiger partial charge is 0.161 e. The summed E-state index contributed by atoms with van der Waals surface area (Å²) in [6, 6.07) is 4.24. The van der Waals surface area contributed by atoms with Gasteiger partial charge in [0.2, 0.25) is 0 Å². The Kier molecular flexibility index (Phi) is 4.42. The average Bonchev–Trinajstić information content (AvgIpc) is 3.23. The van der Waals surface area contributed by atoms with Crippen LogP contribution in [-0.4, -0.2) is 44.6 Å². The van der Waals surface area contributed by atoms with Crippen LogP contribution in [-0.2, 0) is 0 Å². The summed E-state index contributed by atoms with van der Waals surface area (Å²) in [5.41, 5.74) is 1.23. The summed E-state index contributed by atoms with van der Waals surface area (Å²) in [5, 5.41) is 4.81. The van der Waals surface area contributed by atoms with E-state index in [1.165, 1.54) is 6.33 Å². The summed E-state index contributed by atoms with van der Waals surface area (Å²) in [4.78, 5) is 22.3. The van der Waals surface area contributed by atoms with Crippen molar-refractivity contribution in [1.82, 2.24) is 24.9 Å². The minimum atomic E-state index is -0.907. The third kappa shape index (κ3) is 3.32. The average molecular weight is 395 g/mol. The zero-order valence-corrected chi connectivity index (χ0v) is 15.6. The number of rotatable bonds is 4. The van der Waals surface area contributed by atoms with Crippen molar-refractivity contribution in [3.8, 4) is 0 Å². The van der Waals surface area contributed by atoms with Crippen LogP contribution in [0.15, 0.2) is 37.1 Å². The molecule has 7 nitrogen and oxygen atoms in total. The number of anilines is 2. The number of aromatic nitrogens is 5. The largest absolute Gasteiger partial charge is 0.369 e. The van der Waals surface area contributed by atoms with E-state index in [1.54, 1.807) is 6.33 Å². The molecule has 0 amide bonds. The Hall–Kier alpha value is -3.36. The standard InChI is InChI=1S/C20H19F2N7/c21-15-7-14-17(8-16(15)22)25-10-26-19(14)24-9-12-2-5-29(6-3-12)20-13-1-4-23-18(13)27-11-28-20/h1,4,7-8,10-12H,2-3,5-6,9H2,(H,23,27,28)(H,24,25,26). The summed E-state index contributed by atoms with van der Waals surface area (Å²) in [6.07, 6.45) is 6.82. The fourth-order valence-corrected chi connectivity index (χ4v) is 3.89. The highest BCUT2D eigenvalue weighted by atomic mass is 19.2. The first-order chi connectivity index (χ1) is 14.2. The number of nitrogens with zero attached hydrogens (tertiary/aromatic N) is 5. The number of piperidine rings is 1. The Bertz CT molecular complexity index is 1170. The molecule has 0 unspecified atom stereocenters. The summed E-state index contributed by atoms with van der Waals surface area (Å²) in [7, 11) is 0. The molecule has 0 aliphatic carbocycles. The zero-order valence-electron chi connectivity index (χ0n) is 15.6. The molecule has 0 bridgehead atoms. The van der Waals surface area contributed by atoms with Crippen molar-refractivity contribution < 1.29 is 8.78 Å². The SMILES string of the molecule is Fc1cc2ncnc(NCC3CCN(c4ncnc5[nH]ccc45)CC3)c2cc1F. The second kappa shape index (κ2) is 7.23. The Balaban J connectivity index is 1.25. The van der Waals surface area contributed by atoms with Gasteiger partial charge >= 0.3 is 0 Å². The predicted molar refractivity (Wildman–Crippen MR) is 107 cm³/mol. The lowest BCUT2D eigenvalue weighted by Crippen LogP contribution is -2.36. The van der Waals surface area contributed by atoms with Crippen molar-refractivity contribution in [3.63, 3.8) is 0 Å². The number of hydrogen-bond acceptors (Lipinski definition) is 6. The van der Waals surface area contributed by atoms with Crippen LogP contribution < -0.4 is 10.2 Å². The molecule has 1 aliphatic rings. The van der Waals surface area contributed by atoms with Gasteiger partial charge in [-0.15, -0.1) is 0 Å². The van der Waals surface area contributed by atoms with E-state index in [4.69, 9.17) is 0 Å². The van der Waals surface area contributed by atoms with Crippen LogP contribution >= 0.6 is 0 Å². The van der Waals surface area contributed by atoms with Gasteiger partial charge in [0.15, 0.2) is 11.6 Å².